The fraction of sp³-hybridized carbons (Fsp3) is 0.136. The molecule has 150 valence electrons. The highest BCUT2D eigenvalue weighted by Gasteiger charge is 2.29. The summed E-state index contributed by atoms with van der Waals surface area (Å²) in [5.41, 5.74) is 16.6. The lowest BCUT2D eigenvalue weighted by Crippen LogP contribution is -2.18. The van der Waals surface area contributed by atoms with E-state index in [1.807, 2.05) is 37.3 Å². The summed E-state index contributed by atoms with van der Waals surface area (Å²) in [6.45, 7) is 1.89. The van der Waals surface area contributed by atoms with Crippen molar-refractivity contribution in [3.8, 4) is 11.1 Å². The molecule has 30 heavy (non-hydrogen) atoms. The van der Waals surface area contributed by atoms with Crippen LogP contribution in [0.1, 0.15) is 36.2 Å². The van der Waals surface area contributed by atoms with Crippen LogP contribution < -0.4 is 16.8 Å². The topological polar surface area (TPSA) is 111 Å². The number of nitrogens with two attached hydrogens (primary N) is 2. The Balaban J connectivity index is 1.58. The van der Waals surface area contributed by atoms with E-state index in [2.05, 4.69) is 16.4 Å². The largest absolute Gasteiger partial charge is 0.397 e. The van der Waals surface area contributed by atoms with Gasteiger partial charge in [0.1, 0.15) is 14.7 Å². The molecule has 2 amide bonds. The summed E-state index contributed by atoms with van der Waals surface area (Å²) in [4.78, 5) is 32.0. The van der Waals surface area contributed by atoms with Gasteiger partial charge in [0.2, 0.25) is 0 Å². The Morgan fingerprint density at radius 1 is 1.10 bits per heavy atom. The molecule has 0 unspecified atom stereocenters. The van der Waals surface area contributed by atoms with Crippen molar-refractivity contribution in [1.82, 2.24) is 4.98 Å². The van der Waals surface area contributed by atoms with Gasteiger partial charge in [-0.25, -0.2) is 4.98 Å². The molecule has 1 aliphatic rings. The smallest absolute Gasteiger partial charge is 0.268 e. The van der Waals surface area contributed by atoms with Crippen molar-refractivity contribution in [3.63, 3.8) is 0 Å². The van der Waals surface area contributed by atoms with Gasteiger partial charge in [0.25, 0.3) is 11.8 Å². The standard InChI is InChI=1S/C22H18N4O2S2/c1-10-6-8-13-17(23)18(30-21(13)25-10)20(28)26-22-16(19(24)27)15-12-5-3-2-4-11(12)7-9-14(15)29-22/h2-6,8H,7,9,23H2,1H3,(H2,24,27)(H,26,28). The number of primary amides is 1. The molecule has 0 saturated heterocycles. The summed E-state index contributed by atoms with van der Waals surface area (Å²) in [6, 6.07) is 11.7. The minimum atomic E-state index is -0.555. The summed E-state index contributed by atoms with van der Waals surface area (Å²) in [6.07, 6.45) is 1.70. The third-order valence-corrected chi connectivity index (χ3v) is 7.58. The van der Waals surface area contributed by atoms with E-state index >= 15 is 0 Å². The van der Waals surface area contributed by atoms with Gasteiger partial charge in [0, 0.05) is 21.5 Å². The number of carbonyl (C=O) groups is 2. The number of carbonyl (C=O) groups excluding carboxylic acids is 2. The molecule has 6 nitrogen and oxygen atoms in total. The van der Waals surface area contributed by atoms with Crippen LogP contribution in [0.2, 0.25) is 0 Å². The quantitative estimate of drug-likeness (QED) is 0.445. The van der Waals surface area contributed by atoms with Gasteiger partial charge in [-0.15, -0.1) is 22.7 Å². The first kappa shape index (κ1) is 18.8. The zero-order valence-corrected chi connectivity index (χ0v) is 17.7. The number of anilines is 2. The second-order valence-electron chi connectivity index (χ2n) is 7.23. The van der Waals surface area contributed by atoms with Gasteiger partial charge in [0.05, 0.1) is 11.3 Å². The number of nitrogens with one attached hydrogen (secondary N) is 1. The number of fused-ring (bicyclic) bond motifs is 4. The van der Waals surface area contributed by atoms with Crippen molar-refractivity contribution >= 4 is 55.4 Å². The number of pyridine rings is 1. The molecule has 3 heterocycles. The highest BCUT2D eigenvalue weighted by molar-refractivity contribution is 7.21. The van der Waals surface area contributed by atoms with E-state index in [0.29, 0.717) is 26.0 Å². The fourth-order valence-corrected chi connectivity index (χ4v) is 6.16. The van der Waals surface area contributed by atoms with Crippen LogP contribution in [0, 0.1) is 6.92 Å². The maximum atomic E-state index is 13.1. The Bertz CT molecular complexity index is 1350. The van der Waals surface area contributed by atoms with Crippen molar-refractivity contribution < 1.29 is 9.59 Å². The van der Waals surface area contributed by atoms with Crippen molar-refractivity contribution in [2.24, 2.45) is 5.73 Å². The van der Waals surface area contributed by atoms with E-state index in [4.69, 9.17) is 11.5 Å². The van der Waals surface area contributed by atoms with Gasteiger partial charge in [-0.1, -0.05) is 24.3 Å². The molecule has 0 spiro atoms. The van der Waals surface area contributed by atoms with E-state index in [1.54, 1.807) is 0 Å². The van der Waals surface area contributed by atoms with Gasteiger partial charge >= 0.3 is 0 Å². The molecular formula is C22H18N4O2S2. The average Bonchev–Trinajstić information content (AvgIpc) is 3.25. The monoisotopic (exact) mass is 434 g/mol. The lowest BCUT2D eigenvalue weighted by Gasteiger charge is -2.16. The van der Waals surface area contributed by atoms with Gasteiger partial charge < -0.3 is 16.8 Å². The van der Waals surface area contributed by atoms with Crippen molar-refractivity contribution in [2.75, 3.05) is 11.1 Å². The number of nitrogens with zero attached hydrogens (tertiary/aromatic N) is 1. The molecule has 0 saturated carbocycles. The van der Waals surface area contributed by atoms with E-state index in [1.165, 1.54) is 28.2 Å². The first-order valence-corrected chi connectivity index (χ1v) is 11.1. The Kier molecular flexibility index (Phi) is 4.34. The first-order valence-electron chi connectivity index (χ1n) is 9.44. The molecule has 4 aromatic rings. The predicted octanol–water partition coefficient (Wildman–Crippen LogP) is 4.37. The molecule has 0 atom stereocenters. The van der Waals surface area contributed by atoms with E-state index in [9.17, 15) is 9.59 Å². The SMILES string of the molecule is Cc1ccc2c(N)c(C(=O)Nc3sc4c(c3C(N)=O)-c3ccccc3CC4)sc2n1. The van der Waals surface area contributed by atoms with Crippen LogP contribution in [0.25, 0.3) is 21.3 Å². The Morgan fingerprint density at radius 3 is 2.70 bits per heavy atom. The molecule has 1 aromatic carbocycles. The number of aromatic nitrogens is 1. The molecule has 0 aliphatic heterocycles. The van der Waals surface area contributed by atoms with Crippen LogP contribution in [0.5, 0.6) is 0 Å². The summed E-state index contributed by atoms with van der Waals surface area (Å²) in [5.74, 6) is -0.913. The van der Waals surface area contributed by atoms with Crippen LogP contribution in [-0.4, -0.2) is 16.8 Å². The molecule has 5 rings (SSSR count). The van der Waals surface area contributed by atoms with E-state index < -0.39 is 5.91 Å². The Hall–Kier alpha value is -3.23. The summed E-state index contributed by atoms with van der Waals surface area (Å²) in [7, 11) is 0. The average molecular weight is 435 g/mol. The van der Waals surface area contributed by atoms with E-state index in [-0.39, 0.29) is 5.91 Å². The first-order chi connectivity index (χ1) is 14.4. The van der Waals surface area contributed by atoms with Crippen molar-refractivity contribution in [3.05, 3.63) is 63.0 Å². The number of hydrogen-bond donors (Lipinski definition) is 3. The number of nitrogen functional groups attached to an aromatic ring is 1. The highest BCUT2D eigenvalue weighted by atomic mass is 32.1. The number of amides is 2. The zero-order valence-electron chi connectivity index (χ0n) is 16.1. The molecular weight excluding hydrogens is 416 g/mol. The maximum absolute atomic E-state index is 13.1. The molecule has 3 aromatic heterocycles. The third-order valence-electron chi connectivity index (χ3n) is 5.30. The number of aryl methyl sites for hydroxylation is 3. The zero-order chi connectivity index (χ0) is 21.0. The van der Waals surface area contributed by atoms with Crippen molar-refractivity contribution in [2.45, 2.75) is 19.8 Å². The number of hydrogen-bond acceptors (Lipinski definition) is 6. The fourth-order valence-electron chi connectivity index (χ4n) is 3.91. The summed E-state index contributed by atoms with van der Waals surface area (Å²) < 4.78 is 0. The minimum absolute atomic E-state index is 0.359. The van der Waals surface area contributed by atoms with Gasteiger partial charge in [-0.05, 0) is 43.0 Å². The summed E-state index contributed by atoms with van der Waals surface area (Å²) >= 11 is 2.65. The Morgan fingerprint density at radius 2 is 1.90 bits per heavy atom. The molecule has 0 bridgehead atoms. The second kappa shape index (κ2) is 6.93. The van der Waals surface area contributed by atoms with Crippen LogP contribution in [0.15, 0.2) is 36.4 Å². The van der Waals surface area contributed by atoms with Crippen LogP contribution >= 0.6 is 22.7 Å². The lowest BCUT2D eigenvalue weighted by atomic mass is 9.88. The molecule has 1 aliphatic carbocycles. The maximum Gasteiger partial charge on any atom is 0.268 e. The second-order valence-corrected chi connectivity index (χ2v) is 9.33. The number of rotatable bonds is 3. The minimum Gasteiger partial charge on any atom is -0.397 e. The number of benzene rings is 1. The Labute approximate surface area is 180 Å². The van der Waals surface area contributed by atoms with Crippen LogP contribution in [0.3, 0.4) is 0 Å². The van der Waals surface area contributed by atoms with Crippen LogP contribution in [-0.2, 0) is 12.8 Å². The van der Waals surface area contributed by atoms with Gasteiger partial charge in [-0.3, -0.25) is 9.59 Å². The molecule has 0 fully saturated rings. The van der Waals surface area contributed by atoms with E-state index in [0.717, 1.165) is 39.9 Å². The van der Waals surface area contributed by atoms with Crippen molar-refractivity contribution in [1.29, 1.82) is 0 Å². The normalized spacial score (nSPS) is 12.4. The summed E-state index contributed by atoms with van der Waals surface area (Å²) in [5, 5.41) is 4.12. The number of thiophene rings is 2. The van der Waals surface area contributed by atoms with Gasteiger partial charge in [-0.2, -0.15) is 0 Å². The lowest BCUT2D eigenvalue weighted by molar-refractivity contribution is 0.100. The van der Waals surface area contributed by atoms with Crippen LogP contribution in [0.4, 0.5) is 10.7 Å². The molecule has 0 radical (unpaired) electrons. The third kappa shape index (κ3) is 2.88. The highest BCUT2D eigenvalue weighted by Crippen LogP contribution is 2.45. The molecule has 8 heteroatoms. The predicted molar refractivity (Wildman–Crippen MR) is 122 cm³/mol. The molecule has 5 N–H and O–H groups in total. The van der Waals surface area contributed by atoms with Gasteiger partial charge in [0.15, 0.2) is 0 Å².